The number of furan rings is 1. The van der Waals surface area contributed by atoms with Gasteiger partial charge in [0.05, 0.1) is 0 Å². The third kappa shape index (κ3) is 3.56. The van der Waals surface area contributed by atoms with Gasteiger partial charge in [-0.2, -0.15) is 0 Å². The first-order chi connectivity index (χ1) is 22.3. The highest BCUT2D eigenvalue weighted by molar-refractivity contribution is 6.26. The molecule has 10 rings (SSSR count). The second kappa shape index (κ2) is 9.29. The SMILES string of the molecule is c1ccc(-c2ccc3c(-c4c5ccccc5c(-c5cc6ccc7cccc8oc(c5)c6c78)c5ccccc45)cccc3c2)cc1. The zero-order chi connectivity index (χ0) is 29.5. The van der Waals surface area contributed by atoms with Crippen LogP contribution in [0.25, 0.3) is 98.4 Å². The van der Waals surface area contributed by atoms with Crippen LogP contribution in [0.15, 0.2) is 162 Å². The minimum Gasteiger partial charge on any atom is -0.456 e. The molecule has 1 heterocycles. The summed E-state index contributed by atoms with van der Waals surface area (Å²) in [6.45, 7) is 0. The monoisotopic (exact) mass is 570 g/mol. The fourth-order valence-corrected chi connectivity index (χ4v) is 7.64. The van der Waals surface area contributed by atoms with Gasteiger partial charge in [0, 0.05) is 10.8 Å². The highest BCUT2D eigenvalue weighted by Gasteiger charge is 2.20. The summed E-state index contributed by atoms with van der Waals surface area (Å²) in [5.41, 5.74) is 9.30. The third-order valence-corrected chi connectivity index (χ3v) is 9.58. The first-order valence-electron chi connectivity index (χ1n) is 15.5. The molecule has 9 aromatic carbocycles. The molecule has 0 bridgehead atoms. The minimum atomic E-state index is 0.940. The van der Waals surface area contributed by atoms with E-state index in [9.17, 15) is 0 Å². The molecule has 0 atom stereocenters. The maximum Gasteiger partial charge on any atom is 0.136 e. The smallest absolute Gasteiger partial charge is 0.136 e. The van der Waals surface area contributed by atoms with Gasteiger partial charge in [0.2, 0.25) is 0 Å². The van der Waals surface area contributed by atoms with E-state index < -0.39 is 0 Å². The molecule has 0 aliphatic heterocycles. The van der Waals surface area contributed by atoms with E-state index in [1.807, 2.05) is 0 Å². The summed E-state index contributed by atoms with van der Waals surface area (Å²) in [5, 5.41) is 12.3. The Morgan fingerprint density at radius 1 is 0.311 bits per heavy atom. The zero-order valence-corrected chi connectivity index (χ0v) is 24.4. The lowest BCUT2D eigenvalue weighted by molar-refractivity contribution is 0.669. The van der Waals surface area contributed by atoms with Gasteiger partial charge < -0.3 is 4.42 Å². The molecule has 0 N–H and O–H groups in total. The predicted molar refractivity (Wildman–Crippen MR) is 191 cm³/mol. The fourth-order valence-electron chi connectivity index (χ4n) is 7.64. The Labute approximate surface area is 259 Å². The molecule has 1 aromatic heterocycles. The Morgan fingerprint density at radius 3 is 1.71 bits per heavy atom. The molecule has 1 heteroatoms. The van der Waals surface area contributed by atoms with Gasteiger partial charge in [-0.15, -0.1) is 0 Å². The second-order valence-electron chi connectivity index (χ2n) is 12.0. The molecule has 0 radical (unpaired) electrons. The second-order valence-corrected chi connectivity index (χ2v) is 12.0. The number of benzene rings is 9. The average Bonchev–Trinajstić information content (AvgIpc) is 3.49. The van der Waals surface area contributed by atoms with Crippen LogP contribution in [0, 0.1) is 0 Å². The maximum absolute atomic E-state index is 6.48. The van der Waals surface area contributed by atoms with Crippen LogP contribution in [0.5, 0.6) is 0 Å². The lowest BCUT2D eigenvalue weighted by Crippen LogP contribution is -1.92. The van der Waals surface area contributed by atoms with Crippen molar-refractivity contribution in [1.29, 1.82) is 0 Å². The number of fused-ring (bicyclic) bond motifs is 3. The van der Waals surface area contributed by atoms with Crippen molar-refractivity contribution < 1.29 is 4.42 Å². The average molecular weight is 571 g/mol. The Kier molecular flexibility index (Phi) is 5.06. The lowest BCUT2D eigenvalue weighted by atomic mass is 9.84. The molecule has 0 unspecified atom stereocenters. The van der Waals surface area contributed by atoms with E-state index in [2.05, 4.69) is 158 Å². The van der Waals surface area contributed by atoms with Gasteiger partial charge in [0.15, 0.2) is 0 Å². The van der Waals surface area contributed by atoms with Crippen LogP contribution in [0.3, 0.4) is 0 Å². The predicted octanol–water partition coefficient (Wildman–Crippen LogP) is 12.6. The van der Waals surface area contributed by atoms with Crippen molar-refractivity contribution in [2.24, 2.45) is 0 Å². The highest BCUT2D eigenvalue weighted by Crippen LogP contribution is 2.47. The van der Waals surface area contributed by atoms with Crippen LogP contribution in [-0.4, -0.2) is 0 Å². The van der Waals surface area contributed by atoms with Gasteiger partial charge in [-0.25, -0.2) is 0 Å². The van der Waals surface area contributed by atoms with Gasteiger partial charge in [0.25, 0.3) is 0 Å². The first-order valence-corrected chi connectivity index (χ1v) is 15.5. The summed E-state index contributed by atoms with van der Waals surface area (Å²) >= 11 is 0. The minimum absolute atomic E-state index is 0.940. The van der Waals surface area contributed by atoms with E-state index in [1.54, 1.807) is 0 Å². The van der Waals surface area contributed by atoms with Crippen molar-refractivity contribution in [2.45, 2.75) is 0 Å². The normalized spacial score (nSPS) is 12.0. The highest BCUT2D eigenvalue weighted by atomic mass is 16.3. The van der Waals surface area contributed by atoms with Crippen LogP contribution in [-0.2, 0) is 0 Å². The summed E-state index contributed by atoms with van der Waals surface area (Å²) in [4.78, 5) is 0. The third-order valence-electron chi connectivity index (χ3n) is 9.58. The summed E-state index contributed by atoms with van der Waals surface area (Å²) < 4.78 is 6.48. The largest absolute Gasteiger partial charge is 0.456 e. The molecule has 0 saturated heterocycles. The Morgan fingerprint density at radius 2 is 0.933 bits per heavy atom. The molecule has 0 aliphatic carbocycles. The van der Waals surface area contributed by atoms with Crippen molar-refractivity contribution in [3.05, 3.63) is 158 Å². The lowest BCUT2D eigenvalue weighted by Gasteiger charge is -2.19. The number of hydrogen-bond donors (Lipinski definition) is 0. The quantitative estimate of drug-likeness (QED) is 0.152. The van der Waals surface area contributed by atoms with Crippen LogP contribution in [0.1, 0.15) is 0 Å². The summed E-state index contributed by atoms with van der Waals surface area (Å²) in [6.07, 6.45) is 0. The molecule has 0 amide bonds. The van der Waals surface area contributed by atoms with Gasteiger partial charge >= 0.3 is 0 Å². The van der Waals surface area contributed by atoms with Crippen LogP contribution >= 0.6 is 0 Å². The molecular formula is C44H26O. The van der Waals surface area contributed by atoms with Crippen molar-refractivity contribution >= 4 is 65.0 Å². The molecule has 1 nitrogen and oxygen atoms in total. The summed E-state index contributed by atoms with van der Waals surface area (Å²) in [6, 6.07) is 57.4. The molecule has 10 aromatic rings. The number of rotatable bonds is 3. The fraction of sp³-hybridized carbons (Fsp3) is 0. The summed E-state index contributed by atoms with van der Waals surface area (Å²) in [7, 11) is 0. The van der Waals surface area contributed by atoms with Crippen molar-refractivity contribution in [2.75, 3.05) is 0 Å². The molecule has 208 valence electrons. The van der Waals surface area contributed by atoms with E-state index in [1.165, 1.54) is 87.2 Å². The van der Waals surface area contributed by atoms with E-state index in [0.29, 0.717) is 0 Å². The van der Waals surface area contributed by atoms with Crippen molar-refractivity contribution in [3.8, 4) is 33.4 Å². The van der Waals surface area contributed by atoms with Crippen molar-refractivity contribution in [1.82, 2.24) is 0 Å². The van der Waals surface area contributed by atoms with E-state index in [0.717, 1.165) is 11.2 Å². The molecular weight excluding hydrogens is 544 g/mol. The van der Waals surface area contributed by atoms with Gasteiger partial charge in [-0.1, -0.05) is 133 Å². The van der Waals surface area contributed by atoms with Crippen LogP contribution < -0.4 is 0 Å². The van der Waals surface area contributed by atoms with Crippen molar-refractivity contribution in [3.63, 3.8) is 0 Å². The zero-order valence-electron chi connectivity index (χ0n) is 24.4. The maximum atomic E-state index is 6.48. The Hall–Kier alpha value is -5.92. The van der Waals surface area contributed by atoms with E-state index in [4.69, 9.17) is 4.42 Å². The molecule has 0 fully saturated rings. The standard InChI is InChI=1S/C44H26O/c1-2-10-27(11-3-1)29-22-23-33-30(24-29)13-8-18-34(33)44-37-16-6-4-14-35(37)41(36-15-5-7-17-38(36)44)32-25-31-21-20-28-12-9-19-39-42(28)43(31)40(26-32)45-39/h1-26H. The number of hydrogen-bond acceptors (Lipinski definition) is 1. The van der Waals surface area contributed by atoms with Gasteiger partial charge in [-0.05, 0) is 101 Å². The Balaban J connectivity index is 1.27. The van der Waals surface area contributed by atoms with E-state index in [-0.39, 0.29) is 0 Å². The first kappa shape index (κ1) is 24.5. The van der Waals surface area contributed by atoms with Crippen LogP contribution in [0.2, 0.25) is 0 Å². The van der Waals surface area contributed by atoms with Gasteiger partial charge in [0.1, 0.15) is 11.2 Å². The molecule has 0 spiro atoms. The Bertz CT molecular complexity index is 2690. The topological polar surface area (TPSA) is 13.1 Å². The van der Waals surface area contributed by atoms with Gasteiger partial charge in [-0.3, -0.25) is 0 Å². The molecule has 0 aliphatic rings. The molecule has 45 heavy (non-hydrogen) atoms. The molecule has 0 saturated carbocycles. The summed E-state index contributed by atoms with van der Waals surface area (Å²) in [5.74, 6) is 0. The van der Waals surface area contributed by atoms with Crippen LogP contribution in [0.4, 0.5) is 0 Å². The van der Waals surface area contributed by atoms with E-state index >= 15 is 0 Å².